The molecule has 0 spiro atoms. The summed E-state index contributed by atoms with van der Waals surface area (Å²) >= 11 is 2.20. The average molecular weight is 590 g/mol. The van der Waals surface area contributed by atoms with Gasteiger partial charge in [-0.1, -0.05) is 30.7 Å². The Morgan fingerprint density at radius 1 is 1.14 bits per heavy atom. The van der Waals surface area contributed by atoms with E-state index in [-0.39, 0.29) is 28.8 Å². The van der Waals surface area contributed by atoms with E-state index in [9.17, 15) is 14.4 Å². The number of amides is 1. The molecule has 0 radical (unpaired) electrons. The molecule has 0 heterocycles. The summed E-state index contributed by atoms with van der Waals surface area (Å²) in [6, 6.07) is 7.66. The number of benzene rings is 1. The second-order valence-electron chi connectivity index (χ2n) is 11.5. The summed E-state index contributed by atoms with van der Waals surface area (Å²) in [5.74, 6) is 1.71. The number of hydrogen-bond acceptors (Lipinski definition) is 4. The van der Waals surface area contributed by atoms with Crippen molar-refractivity contribution in [1.82, 2.24) is 5.32 Å². The fourth-order valence-electron chi connectivity index (χ4n) is 8.11. The van der Waals surface area contributed by atoms with Gasteiger partial charge in [0.15, 0.2) is 0 Å². The number of ether oxygens (including phenoxy) is 1. The molecular formula is C29H36INO4. The van der Waals surface area contributed by atoms with E-state index in [1.807, 2.05) is 24.3 Å². The molecule has 5 rings (SSSR count). The molecule has 6 atom stereocenters. The highest BCUT2D eigenvalue weighted by Gasteiger charge is 2.58. The molecule has 1 N–H and O–H groups in total. The summed E-state index contributed by atoms with van der Waals surface area (Å²) < 4.78 is 6.52. The van der Waals surface area contributed by atoms with Gasteiger partial charge in [-0.3, -0.25) is 14.4 Å². The van der Waals surface area contributed by atoms with Gasteiger partial charge in [-0.2, -0.15) is 0 Å². The van der Waals surface area contributed by atoms with E-state index in [1.54, 1.807) is 0 Å². The third-order valence-corrected chi connectivity index (χ3v) is 10.7. The number of halogens is 1. The van der Waals surface area contributed by atoms with Crippen molar-refractivity contribution in [2.45, 2.75) is 77.7 Å². The third-order valence-electron chi connectivity index (χ3n) is 9.75. The molecule has 0 unspecified atom stereocenters. The minimum atomic E-state index is -0.186. The number of carbonyl (C=O) groups excluding carboxylic acids is 3. The van der Waals surface area contributed by atoms with E-state index in [2.05, 4.69) is 40.9 Å². The van der Waals surface area contributed by atoms with Crippen LogP contribution in [0.5, 0.6) is 0 Å². The minimum absolute atomic E-state index is 0.00963. The van der Waals surface area contributed by atoms with Crippen molar-refractivity contribution in [1.29, 1.82) is 0 Å². The monoisotopic (exact) mass is 589 g/mol. The highest BCUT2D eigenvalue weighted by Crippen LogP contribution is 2.65. The largest absolute Gasteiger partial charge is 0.462 e. The molecule has 188 valence electrons. The Kier molecular flexibility index (Phi) is 6.88. The topological polar surface area (TPSA) is 72.5 Å². The van der Waals surface area contributed by atoms with Gasteiger partial charge in [0.05, 0.1) is 5.56 Å². The summed E-state index contributed by atoms with van der Waals surface area (Å²) in [4.78, 5) is 37.1. The van der Waals surface area contributed by atoms with Gasteiger partial charge in [0.2, 0.25) is 0 Å². The van der Waals surface area contributed by atoms with Crippen molar-refractivity contribution in [3.8, 4) is 0 Å². The molecule has 6 heteroatoms. The number of Topliss-reactive ketones (excluding diaryl/α,β-unsaturated/α-hetero) is 1. The highest BCUT2D eigenvalue weighted by atomic mass is 127. The average Bonchev–Trinajstić information content (AvgIpc) is 3.15. The van der Waals surface area contributed by atoms with Crippen LogP contribution < -0.4 is 5.32 Å². The number of ketones is 1. The molecule has 1 aromatic rings. The molecule has 0 bridgehead atoms. The Morgan fingerprint density at radius 2 is 1.94 bits per heavy atom. The van der Waals surface area contributed by atoms with E-state index in [0.717, 1.165) is 54.1 Å². The van der Waals surface area contributed by atoms with Crippen molar-refractivity contribution in [3.05, 3.63) is 45.0 Å². The van der Waals surface area contributed by atoms with Gasteiger partial charge in [0, 0.05) is 36.3 Å². The molecule has 1 aromatic carbocycles. The standard InChI is InChI=1S/C29H36INO4/c1-18(32)35-21-9-11-28(2)19(15-21)7-8-22-24(28)10-12-29(17-20(33)16-25(22)29)13-14-31-27(34)23-5-3-4-6-26(23)30/h3-7,21-22,24-25H,8-17H2,1-2H3,(H,31,34)/t21-,22+,24-,25-,28-,29-/m0/s1. The van der Waals surface area contributed by atoms with Crippen LogP contribution in [0.4, 0.5) is 0 Å². The predicted octanol–water partition coefficient (Wildman–Crippen LogP) is 5.85. The Labute approximate surface area is 222 Å². The minimum Gasteiger partial charge on any atom is -0.462 e. The second kappa shape index (κ2) is 9.64. The van der Waals surface area contributed by atoms with Crippen molar-refractivity contribution in [2.75, 3.05) is 6.54 Å². The second-order valence-corrected chi connectivity index (χ2v) is 12.7. The number of fused-ring (bicyclic) bond motifs is 5. The van der Waals surface area contributed by atoms with Crippen LogP contribution in [-0.2, 0) is 14.3 Å². The van der Waals surface area contributed by atoms with E-state index >= 15 is 0 Å². The lowest BCUT2D eigenvalue weighted by Gasteiger charge is -2.57. The zero-order chi connectivity index (χ0) is 24.8. The number of esters is 1. The molecule has 4 aliphatic rings. The number of carbonyl (C=O) groups is 3. The van der Waals surface area contributed by atoms with Crippen LogP contribution >= 0.6 is 22.6 Å². The quantitative estimate of drug-likeness (QED) is 0.266. The maximum atomic E-state index is 12.8. The van der Waals surface area contributed by atoms with Crippen LogP contribution in [0, 0.1) is 32.2 Å². The van der Waals surface area contributed by atoms with Crippen LogP contribution in [0.1, 0.15) is 82.0 Å². The van der Waals surface area contributed by atoms with Gasteiger partial charge in [-0.05, 0) is 102 Å². The first kappa shape index (κ1) is 25.0. The lowest BCUT2D eigenvalue weighted by Crippen LogP contribution is -2.50. The van der Waals surface area contributed by atoms with Crippen LogP contribution in [0.2, 0.25) is 0 Å². The fourth-order valence-corrected chi connectivity index (χ4v) is 8.75. The van der Waals surface area contributed by atoms with Crippen molar-refractivity contribution < 1.29 is 19.1 Å². The molecule has 5 nitrogen and oxygen atoms in total. The molecule has 0 aliphatic heterocycles. The molecule has 1 amide bonds. The highest BCUT2D eigenvalue weighted by molar-refractivity contribution is 14.1. The lowest BCUT2D eigenvalue weighted by atomic mass is 9.47. The van der Waals surface area contributed by atoms with E-state index in [1.165, 1.54) is 12.5 Å². The van der Waals surface area contributed by atoms with E-state index < -0.39 is 0 Å². The lowest BCUT2D eigenvalue weighted by molar-refractivity contribution is -0.148. The number of hydrogen-bond donors (Lipinski definition) is 1. The molecule has 4 aliphatic carbocycles. The SMILES string of the molecule is CC(=O)O[C@H]1CC[C@@]2(C)C(=CC[C@H]3[C@@H]4CC(=O)C[C@@]4(CCNC(=O)c4ccccc4I)CC[C@@H]32)C1. The van der Waals surface area contributed by atoms with Crippen molar-refractivity contribution in [2.24, 2.45) is 28.6 Å². The summed E-state index contributed by atoms with van der Waals surface area (Å²) in [7, 11) is 0. The van der Waals surface area contributed by atoms with Crippen LogP contribution in [0.3, 0.4) is 0 Å². The Hall–Kier alpha value is -1.70. The van der Waals surface area contributed by atoms with Crippen LogP contribution in [0.15, 0.2) is 35.9 Å². The number of nitrogens with one attached hydrogen (secondary N) is 1. The Morgan fingerprint density at radius 3 is 2.71 bits per heavy atom. The fraction of sp³-hybridized carbons (Fsp3) is 0.621. The predicted molar refractivity (Wildman–Crippen MR) is 143 cm³/mol. The molecule has 0 saturated heterocycles. The number of allylic oxidation sites excluding steroid dienone is 1. The summed E-state index contributed by atoms with van der Waals surface area (Å²) in [6.07, 6.45) is 10.8. The van der Waals surface area contributed by atoms with Gasteiger partial charge in [-0.25, -0.2) is 0 Å². The maximum Gasteiger partial charge on any atom is 0.302 e. The summed E-state index contributed by atoms with van der Waals surface area (Å²) in [5.41, 5.74) is 2.36. The van der Waals surface area contributed by atoms with Crippen molar-refractivity contribution in [3.63, 3.8) is 0 Å². The maximum absolute atomic E-state index is 12.8. The van der Waals surface area contributed by atoms with Gasteiger partial charge >= 0.3 is 5.97 Å². The summed E-state index contributed by atoms with van der Waals surface area (Å²) in [5, 5.41) is 3.15. The first-order chi connectivity index (χ1) is 16.7. The van der Waals surface area contributed by atoms with E-state index in [4.69, 9.17) is 4.74 Å². The van der Waals surface area contributed by atoms with Crippen LogP contribution in [0.25, 0.3) is 0 Å². The first-order valence-corrected chi connectivity index (χ1v) is 14.2. The molecule has 3 saturated carbocycles. The smallest absolute Gasteiger partial charge is 0.302 e. The van der Waals surface area contributed by atoms with Gasteiger partial charge in [-0.15, -0.1) is 0 Å². The zero-order valence-electron chi connectivity index (χ0n) is 20.8. The zero-order valence-corrected chi connectivity index (χ0v) is 22.9. The first-order valence-electron chi connectivity index (χ1n) is 13.1. The summed E-state index contributed by atoms with van der Waals surface area (Å²) in [6.45, 7) is 4.54. The molecular weight excluding hydrogens is 553 g/mol. The molecule has 3 fully saturated rings. The van der Waals surface area contributed by atoms with Gasteiger partial charge in [0.25, 0.3) is 5.91 Å². The van der Waals surface area contributed by atoms with Crippen LogP contribution in [-0.4, -0.2) is 30.3 Å². The molecule has 35 heavy (non-hydrogen) atoms. The third kappa shape index (κ3) is 4.60. The van der Waals surface area contributed by atoms with Crippen molar-refractivity contribution >= 4 is 40.3 Å². The number of rotatable bonds is 5. The normalized spacial score (nSPS) is 35.9. The Bertz CT molecular complexity index is 1070. The van der Waals surface area contributed by atoms with Gasteiger partial charge in [0.1, 0.15) is 11.9 Å². The molecule has 0 aromatic heterocycles. The Balaban J connectivity index is 1.29. The van der Waals surface area contributed by atoms with Gasteiger partial charge < -0.3 is 10.1 Å². The van der Waals surface area contributed by atoms with E-state index in [0.29, 0.717) is 42.9 Å².